The van der Waals surface area contributed by atoms with Crippen LogP contribution in [0.4, 0.5) is 38.5 Å². The first-order valence-corrected chi connectivity index (χ1v) is 21.4. The van der Waals surface area contributed by atoms with Gasteiger partial charge in [-0.1, -0.05) is 151 Å². The lowest BCUT2D eigenvalue weighted by Gasteiger charge is -2.30. The van der Waals surface area contributed by atoms with Crippen molar-refractivity contribution < 1.29 is 4.39 Å². The van der Waals surface area contributed by atoms with Gasteiger partial charge in [0.1, 0.15) is 5.82 Å². The van der Waals surface area contributed by atoms with E-state index in [0.717, 1.165) is 56.1 Å². The fraction of sp³-hybridized carbons (Fsp3) is 0.0175. The maximum Gasteiger partial charge on any atom is 0.148 e. The molecule has 0 aliphatic carbocycles. The molecule has 0 N–H and O–H groups in total. The van der Waals surface area contributed by atoms with Gasteiger partial charge >= 0.3 is 0 Å². The van der Waals surface area contributed by atoms with E-state index < -0.39 is 0 Å². The lowest BCUT2D eigenvalue weighted by atomic mass is 9.88. The van der Waals surface area contributed by atoms with Crippen LogP contribution in [-0.4, -0.2) is 0 Å². The molecule has 0 atom stereocenters. The van der Waals surface area contributed by atoms with Crippen molar-refractivity contribution >= 4 is 67.4 Å². The van der Waals surface area contributed by atoms with E-state index in [9.17, 15) is 0 Å². The van der Waals surface area contributed by atoms with Crippen LogP contribution in [0, 0.1) is 12.7 Å². The van der Waals surface area contributed by atoms with Crippen LogP contribution in [0.1, 0.15) is 5.56 Å². The van der Waals surface area contributed by atoms with Gasteiger partial charge in [0.25, 0.3) is 0 Å². The number of anilines is 6. The maximum absolute atomic E-state index is 17.3. The molecule has 2 nitrogen and oxygen atoms in total. The fourth-order valence-corrected chi connectivity index (χ4v) is 10.2. The second-order valence-corrected chi connectivity index (χ2v) is 16.5. The summed E-state index contributed by atoms with van der Waals surface area (Å²) in [5.74, 6) is -0.289. The van der Waals surface area contributed by atoms with E-state index in [0.29, 0.717) is 5.69 Å². The Hall–Kier alpha value is -7.40. The van der Waals surface area contributed by atoms with E-state index in [-0.39, 0.29) is 5.82 Å². The Morgan fingerprint density at radius 1 is 0.377 bits per heavy atom. The Balaban J connectivity index is 1.10. The summed E-state index contributed by atoms with van der Waals surface area (Å²) >= 11 is 1.83. The summed E-state index contributed by atoms with van der Waals surface area (Å²) in [6, 6.07) is 75.6. The summed E-state index contributed by atoms with van der Waals surface area (Å²) in [6.07, 6.45) is 0. The number of hydrogen-bond acceptors (Lipinski definition) is 3. The molecule has 0 unspecified atom stereocenters. The minimum Gasteiger partial charge on any atom is -0.310 e. The number of aryl methyl sites for hydroxylation is 1. The Bertz CT molecular complexity index is 3190. The summed E-state index contributed by atoms with van der Waals surface area (Å²) < 4.78 is 17.3. The quantitative estimate of drug-likeness (QED) is 0.141. The van der Waals surface area contributed by atoms with Crippen LogP contribution in [0.3, 0.4) is 0 Å². The van der Waals surface area contributed by atoms with Crippen molar-refractivity contribution in [2.24, 2.45) is 0 Å². The average Bonchev–Trinajstić information content (AvgIpc) is 3.32. The van der Waals surface area contributed by atoms with Gasteiger partial charge in [-0.2, -0.15) is 0 Å². The SMILES string of the molecule is Cc1c2c3c(cccc3c3cc(N(c4ccccc4)c4c(F)cc(-c5ccccc5)cc4-c4ccccc4)ccc13)Sc1cc(N(c3ccccc3)c3ccccc3)ccc1-2. The van der Waals surface area contributed by atoms with Crippen LogP contribution >= 0.6 is 11.8 Å². The Morgan fingerprint density at radius 3 is 1.57 bits per heavy atom. The van der Waals surface area contributed by atoms with Gasteiger partial charge in [0.15, 0.2) is 0 Å². The fourth-order valence-electron chi connectivity index (χ4n) is 9.09. The van der Waals surface area contributed by atoms with Crippen LogP contribution < -0.4 is 9.80 Å². The number of fused-ring (bicyclic) bond motifs is 4. The van der Waals surface area contributed by atoms with E-state index in [1.807, 2.05) is 78.5 Å². The second kappa shape index (κ2) is 15.3. The van der Waals surface area contributed by atoms with Crippen molar-refractivity contribution in [1.82, 2.24) is 0 Å². The molecule has 4 heteroatoms. The van der Waals surface area contributed by atoms with Gasteiger partial charge in [0, 0.05) is 49.2 Å². The highest BCUT2D eigenvalue weighted by Crippen LogP contribution is 2.54. The van der Waals surface area contributed by atoms with Gasteiger partial charge in [0.05, 0.1) is 5.69 Å². The zero-order valence-electron chi connectivity index (χ0n) is 33.5. The smallest absolute Gasteiger partial charge is 0.148 e. The van der Waals surface area contributed by atoms with E-state index >= 15 is 4.39 Å². The predicted molar refractivity (Wildman–Crippen MR) is 256 cm³/mol. The van der Waals surface area contributed by atoms with Gasteiger partial charge in [0.2, 0.25) is 0 Å². The van der Waals surface area contributed by atoms with E-state index in [2.05, 4.69) is 162 Å². The molecule has 0 bridgehead atoms. The van der Waals surface area contributed by atoms with Crippen LogP contribution in [0.2, 0.25) is 0 Å². The highest BCUT2D eigenvalue weighted by Gasteiger charge is 2.27. The summed E-state index contributed by atoms with van der Waals surface area (Å²) in [5.41, 5.74) is 12.9. The van der Waals surface area contributed by atoms with Crippen molar-refractivity contribution in [3.63, 3.8) is 0 Å². The largest absolute Gasteiger partial charge is 0.310 e. The van der Waals surface area contributed by atoms with E-state index in [4.69, 9.17) is 0 Å². The standard InChI is InChI=1S/C57H39FN2S/c1-38-47-32-30-45(60(44-26-15-6-16-27-44)57-50(40-20-9-3-10-21-40)34-41(35-52(57)58)39-18-7-2-8-19-39)36-51(47)48-28-17-29-53-56(48)55(38)49-33-31-46(37-54(49)61-53)59(42-22-11-4-12-23-42)43-24-13-5-14-25-43/h2-37H,1H3. The number of rotatable bonds is 8. The normalized spacial score (nSPS) is 11.7. The number of nitrogens with zero attached hydrogens (tertiary/aromatic N) is 2. The Labute approximate surface area is 359 Å². The molecule has 0 saturated heterocycles. The highest BCUT2D eigenvalue weighted by molar-refractivity contribution is 7.99. The van der Waals surface area contributed by atoms with Gasteiger partial charge in [-0.25, -0.2) is 4.39 Å². The van der Waals surface area contributed by atoms with Crippen molar-refractivity contribution in [3.8, 4) is 33.4 Å². The molecular weight excluding hydrogens is 764 g/mol. The molecule has 1 aliphatic heterocycles. The van der Waals surface area contributed by atoms with Crippen LogP contribution in [-0.2, 0) is 0 Å². The van der Waals surface area contributed by atoms with Gasteiger partial charge < -0.3 is 9.80 Å². The number of hydrogen-bond donors (Lipinski definition) is 0. The first kappa shape index (κ1) is 36.7. The summed E-state index contributed by atoms with van der Waals surface area (Å²) in [4.78, 5) is 6.87. The summed E-state index contributed by atoms with van der Waals surface area (Å²) in [6.45, 7) is 2.26. The topological polar surface area (TPSA) is 6.48 Å². The minimum atomic E-state index is -0.289. The first-order chi connectivity index (χ1) is 30.1. The minimum absolute atomic E-state index is 0.289. The van der Waals surface area contributed by atoms with Crippen LogP contribution in [0.15, 0.2) is 228 Å². The van der Waals surface area contributed by atoms with Crippen LogP contribution in [0.5, 0.6) is 0 Å². The molecular formula is C57H39FN2S. The van der Waals surface area contributed by atoms with Crippen molar-refractivity contribution in [3.05, 3.63) is 230 Å². The predicted octanol–water partition coefficient (Wildman–Crippen LogP) is 16.8. The van der Waals surface area contributed by atoms with Gasteiger partial charge in [-0.05, 0) is 135 Å². The van der Waals surface area contributed by atoms with Crippen molar-refractivity contribution in [1.29, 1.82) is 0 Å². The van der Waals surface area contributed by atoms with Crippen LogP contribution in [0.25, 0.3) is 54.9 Å². The molecule has 61 heavy (non-hydrogen) atoms. The van der Waals surface area contributed by atoms with E-state index in [1.165, 1.54) is 42.6 Å². The molecule has 11 rings (SSSR count). The third kappa shape index (κ3) is 6.44. The molecule has 0 spiro atoms. The molecule has 10 aromatic carbocycles. The molecule has 0 saturated carbocycles. The molecule has 290 valence electrons. The van der Waals surface area contributed by atoms with Gasteiger partial charge in [-0.3, -0.25) is 0 Å². The summed E-state index contributed by atoms with van der Waals surface area (Å²) in [5, 5.41) is 4.76. The molecule has 0 fully saturated rings. The van der Waals surface area contributed by atoms with Crippen molar-refractivity contribution in [2.45, 2.75) is 16.7 Å². The summed E-state index contributed by atoms with van der Waals surface area (Å²) in [7, 11) is 0. The third-order valence-electron chi connectivity index (χ3n) is 11.8. The number of halogens is 1. The molecule has 0 amide bonds. The molecule has 0 aromatic heterocycles. The number of para-hydroxylation sites is 3. The average molecular weight is 803 g/mol. The monoisotopic (exact) mass is 802 g/mol. The Morgan fingerprint density at radius 2 is 0.934 bits per heavy atom. The Kier molecular flexibility index (Phi) is 9.21. The first-order valence-electron chi connectivity index (χ1n) is 20.6. The third-order valence-corrected chi connectivity index (χ3v) is 13.0. The molecule has 10 aromatic rings. The lowest BCUT2D eigenvalue weighted by molar-refractivity contribution is 0.630. The molecule has 1 heterocycles. The highest BCUT2D eigenvalue weighted by atomic mass is 32.2. The number of benzene rings is 10. The molecule has 0 radical (unpaired) electrons. The van der Waals surface area contributed by atoms with Crippen molar-refractivity contribution in [2.75, 3.05) is 9.80 Å². The zero-order chi connectivity index (χ0) is 40.9. The lowest BCUT2D eigenvalue weighted by Crippen LogP contribution is -2.13. The van der Waals surface area contributed by atoms with E-state index in [1.54, 1.807) is 6.07 Å². The molecule has 1 aliphatic rings. The zero-order valence-corrected chi connectivity index (χ0v) is 34.3. The van der Waals surface area contributed by atoms with Gasteiger partial charge in [-0.15, -0.1) is 0 Å². The second-order valence-electron chi connectivity index (χ2n) is 15.5. The maximum atomic E-state index is 17.3.